The Morgan fingerprint density at radius 1 is 1.14 bits per heavy atom. The van der Waals surface area contributed by atoms with Gasteiger partial charge in [-0.1, -0.05) is 47.7 Å². The number of benzene rings is 2. The molecule has 1 amide bonds. The Balaban J connectivity index is 1.79. The molecule has 2 aromatic carbocycles. The summed E-state index contributed by atoms with van der Waals surface area (Å²) in [5.74, 6) is -0.297. The summed E-state index contributed by atoms with van der Waals surface area (Å²) < 4.78 is 1.12. The van der Waals surface area contributed by atoms with E-state index in [-0.39, 0.29) is 11.9 Å². The Hall–Kier alpha value is -2.40. The van der Waals surface area contributed by atoms with Crippen LogP contribution in [0.1, 0.15) is 11.1 Å². The van der Waals surface area contributed by atoms with E-state index in [0.29, 0.717) is 13.0 Å². The highest BCUT2D eigenvalue weighted by Gasteiger charge is 2.31. The van der Waals surface area contributed by atoms with Gasteiger partial charge in [0.15, 0.2) is 5.13 Å². The lowest BCUT2D eigenvalue weighted by Gasteiger charge is -2.34. The van der Waals surface area contributed by atoms with Crippen molar-refractivity contribution in [3.63, 3.8) is 0 Å². The zero-order valence-corrected chi connectivity index (χ0v) is 12.7. The standard InChI is InChI=1S/C17H15N3OS/c18-16(21)14-9-11-5-1-2-6-12(11)10-20(14)17-19-13-7-3-4-8-15(13)22-17/h1-8,14H,9-10H2,(H2,18,21)/t14-/m0/s1. The van der Waals surface area contributed by atoms with Crippen LogP contribution in [-0.2, 0) is 17.8 Å². The Kier molecular flexibility index (Phi) is 3.08. The molecular formula is C17H15N3OS. The molecule has 1 aromatic heterocycles. The predicted octanol–water partition coefficient (Wildman–Crippen LogP) is 2.71. The summed E-state index contributed by atoms with van der Waals surface area (Å²) in [6, 6.07) is 15.9. The monoisotopic (exact) mass is 309 g/mol. The molecule has 4 nitrogen and oxygen atoms in total. The lowest BCUT2D eigenvalue weighted by Crippen LogP contribution is -2.48. The molecule has 1 aliphatic rings. The largest absolute Gasteiger partial charge is 0.368 e. The summed E-state index contributed by atoms with van der Waals surface area (Å²) >= 11 is 1.61. The van der Waals surface area contributed by atoms with Crippen molar-refractivity contribution in [2.45, 2.75) is 19.0 Å². The van der Waals surface area contributed by atoms with E-state index in [1.165, 1.54) is 11.1 Å². The second-order valence-corrected chi connectivity index (χ2v) is 6.49. The Morgan fingerprint density at radius 3 is 2.64 bits per heavy atom. The molecule has 1 atom stereocenters. The van der Waals surface area contributed by atoms with E-state index in [2.05, 4.69) is 17.1 Å². The van der Waals surface area contributed by atoms with Gasteiger partial charge in [0.2, 0.25) is 5.91 Å². The van der Waals surface area contributed by atoms with Crippen LogP contribution >= 0.6 is 11.3 Å². The van der Waals surface area contributed by atoms with Crippen molar-refractivity contribution in [2.75, 3.05) is 4.90 Å². The molecule has 5 heteroatoms. The average Bonchev–Trinajstić information content (AvgIpc) is 2.97. The van der Waals surface area contributed by atoms with Gasteiger partial charge in [0.05, 0.1) is 10.2 Å². The van der Waals surface area contributed by atoms with Crippen LogP contribution in [0.3, 0.4) is 0 Å². The fraction of sp³-hybridized carbons (Fsp3) is 0.176. The van der Waals surface area contributed by atoms with E-state index in [1.54, 1.807) is 11.3 Å². The number of para-hydroxylation sites is 1. The summed E-state index contributed by atoms with van der Waals surface area (Å²) in [5, 5.41) is 0.861. The second-order valence-electron chi connectivity index (χ2n) is 5.48. The number of hydrogen-bond acceptors (Lipinski definition) is 4. The summed E-state index contributed by atoms with van der Waals surface area (Å²) in [4.78, 5) is 18.6. The Labute approximate surface area is 132 Å². The fourth-order valence-electron chi connectivity index (χ4n) is 2.96. The van der Waals surface area contributed by atoms with Crippen LogP contribution in [0.5, 0.6) is 0 Å². The molecule has 0 bridgehead atoms. The van der Waals surface area contributed by atoms with Gasteiger partial charge in [-0.15, -0.1) is 0 Å². The van der Waals surface area contributed by atoms with Crippen LogP contribution in [-0.4, -0.2) is 16.9 Å². The number of carbonyl (C=O) groups is 1. The third-order valence-corrected chi connectivity index (χ3v) is 5.18. The molecule has 0 aliphatic carbocycles. The molecule has 110 valence electrons. The minimum Gasteiger partial charge on any atom is -0.368 e. The van der Waals surface area contributed by atoms with Gasteiger partial charge in [-0.05, 0) is 23.3 Å². The first-order valence-corrected chi connectivity index (χ1v) is 8.02. The van der Waals surface area contributed by atoms with E-state index in [0.717, 1.165) is 15.3 Å². The van der Waals surface area contributed by atoms with E-state index in [4.69, 9.17) is 5.73 Å². The highest BCUT2D eigenvalue weighted by atomic mass is 32.1. The molecule has 0 fully saturated rings. The van der Waals surface area contributed by atoms with E-state index < -0.39 is 0 Å². The molecule has 0 saturated carbocycles. The number of aromatic nitrogens is 1. The van der Waals surface area contributed by atoms with Gasteiger partial charge in [-0.3, -0.25) is 4.79 Å². The number of thiazole rings is 1. The van der Waals surface area contributed by atoms with Crippen molar-refractivity contribution >= 4 is 32.6 Å². The predicted molar refractivity (Wildman–Crippen MR) is 88.9 cm³/mol. The number of nitrogens with zero attached hydrogens (tertiary/aromatic N) is 2. The first kappa shape index (κ1) is 13.3. The minimum atomic E-state index is -0.338. The third-order valence-electron chi connectivity index (χ3n) is 4.11. The van der Waals surface area contributed by atoms with Crippen molar-refractivity contribution < 1.29 is 4.79 Å². The first-order chi connectivity index (χ1) is 10.7. The van der Waals surface area contributed by atoms with E-state index in [1.807, 2.05) is 41.3 Å². The topological polar surface area (TPSA) is 59.2 Å². The maximum absolute atomic E-state index is 11.9. The van der Waals surface area contributed by atoms with Crippen molar-refractivity contribution in [3.8, 4) is 0 Å². The van der Waals surface area contributed by atoms with E-state index >= 15 is 0 Å². The molecule has 22 heavy (non-hydrogen) atoms. The number of rotatable bonds is 2. The van der Waals surface area contributed by atoms with Crippen LogP contribution in [0.4, 0.5) is 5.13 Å². The van der Waals surface area contributed by atoms with Gasteiger partial charge in [0.25, 0.3) is 0 Å². The molecule has 2 N–H and O–H groups in total. The van der Waals surface area contributed by atoms with Crippen molar-refractivity contribution in [2.24, 2.45) is 5.73 Å². The molecule has 1 aliphatic heterocycles. The molecule has 0 unspecified atom stereocenters. The number of nitrogens with two attached hydrogens (primary N) is 1. The van der Waals surface area contributed by atoms with Crippen molar-refractivity contribution in [1.29, 1.82) is 0 Å². The van der Waals surface area contributed by atoms with Gasteiger partial charge in [-0.2, -0.15) is 0 Å². The third kappa shape index (κ3) is 2.14. The zero-order valence-electron chi connectivity index (χ0n) is 11.9. The fourth-order valence-corrected chi connectivity index (χ4v) is 3.98. The number of hydrogen-bond donors (Lipinski definition) is 1. The SMILES string of the molecule is NC(=O)[C@@H]1Cc2ccccc2CN1c1nc2ccccc2s1. The van der Waals surface area contributed by atoms with Crippen molar-refractivity contribution in [1.82, 2.24) is 4.98 Å². The maximum Gasteiger partial charge on any atom is 0.240 e. The lowest BCUT2D eigenvalue weighted by atomic mass is 9.94. The summed E-state index contributed by atoms with van der Waals surface area (Å²) in [7, 11) is 0. The number of amides is 1. The average molecular weight is 309 g/mol. The molecule has 0 saturated heterocycles. The quantitative estimate of drug-likeness (QED) is 0.792. The van der Waals surface area contributed by atoms with Gasteiger partial charge >= 0.3 is 0 Å². The van der Waals surface area contributed by atoms with Crippen LogP contribution in [0.25, 0.3) is 10.2 Å². The number of carbonyl (C=O) groups excluding carboxylic acids is 1. The van der Waals surface area contributed by atoms with Crippen molar-refractivity contribution in [3.05, 3.63) is 59.7 Å². The molecule has 0 radical (unpaired) electrons. The Morgan fingerprint density at radius 2 is 1.86 bits per heavy atom. The smallest absolute Gasteiger partial charge is 0.240 e. The Bertz CT molecular complexity index is 825. The van der Waals surface area contributed by atoms with Crippen LogP contribution < -0.4 is 10.6 Å². The van der Waals surface area contributed by atoms with Gasteiger partial charge < -0.3 is 10.6 Å². The van der Waals surface area contributed by atoms with Crippen LogP contribution in [0, 0.1) is 0 Å². The number of fused-ring (bicyclic) bond motifs is 2. The van der Waals surface area contributed by atoms with Crippen LogP contribution in [0.2, 0.25) is 0 Å². The van der Waals surface area contributed by atoms with Crippen LogP contribution in [0.15, 0.2) is 48.5 Å². The van der Waals surface area contributed by atoms with Gasteiger partial charge in [0.1, 0.15) is 6.04 Å². The second kappa shape index (κ2) is 5.10. The maximum atomic E-state index is 11.9. The molecule has 2 heterocycles. The molecule has 3 aromatic rings. The highest BCUT2D eigenvalue weighted by Crippen LogP contribution is 2.34. The normalized spacial score (nSPS) is 17.5. The van der Waals surface area contributed by atoms with E-state index in [9.17, 15) is 4.79 Å². The summed E-state index contributed by atoms with van der Waals surface area (Å²) in [5.41, 5.74) is 9.04. The first-order valence-electron chi connectivity index (χ1n) is 7.21. The number of anilines is 1. The summed E-state index contributed by atoms with van der Waals surface area (Å²) in [6.45, 7) is 0.670. The molecular weight excluding hydrogens is 294 g/mol. The minimum absolute atomic E-state index is 0.297. The molecule has 4 rings (SSSR count). The lowest BCUT2D eigenvalue weighted by molar-refractivity contribution is -0.119. The zero-order chi connectivity index (χ0) is 15.1. The summed E-state index contributed by atoms with van der Waals surface area (Å²) in [6.07, 6.45) is 0.640. The molecule has 0 spiro atoms. The van der Waals surface area contributed by atoms with Gasteiger partial charge in [-0.25, -0.2) is 4.98 Å². The van der Waals surface area contributed by atoms with Gasteiger partial charge in [0, 0.05) is 13.0 Å². The number of primary amides is 1. The highest BCUT2D eigenvalue weighted by molar-refractivity contribution is 7.22.